The Bertz CT molecular complexity index is 860. The minimum absolute atomic E-state index is 0.0795. The lowest BCUT2D eigenvalue weighted by molar-refractivity contribution is -0.124. The molecule has 2 amide bonds. The van der Waals surface area contributed by atoms with Crippen molar-refractivity contribution < 1.29 is 14.2 Å². The van der Waals surface area contributed by atoms with Crippen LogP contribution in [0.1, 0.15) is 32.1 Å². The SMILES string of the molecule is NC(=O)CN1CCC[C@@H](C(=O)Nc2ccc(N3CCCCC3)c3nonc23)C1. The van der Waals surface area contributed by atoms with Gasteiger partial charge in [0.15, 0.2) is 11.0 Å². The molecule has 9 nitrogen and oxygen atoms in total. The number of carbonyl (C=O) groups excluding carboxylic acids is 2. The van der Waals surface area contributed by atoms with E-state index < -0.39 is 0 Å². The molecule has 2 fully saturated rings. The van der Waals surface area contributed by atoms with Crippen LogP contribution in [0.4, 0.5) is 11.4 Å². The van der Waals surface area contributed by atoms with Gasteiger partial charge in [0.25, 0.3) is 0 Å². The number of hydrogen-bond acceptors (Lipinski definition) is 7. The highest BCUT2D eigenvalue weighted by molar-refractivity contribution is 6.03. The largest absolute Gasteiger partial charge is 0.370 e. The fraction of sp³-hybridized carbons (Fsp3) is 0.579. The monoisotopic (exact) mass is 386 g/mol. The van der Waals surface area contributed by atoms with Crippen LogP contribution in [0.25, 0.3) is 11.0 Å². The van der Waals surface area contributed by atoms with Gasteiger partial charge in [0.1, 0.15) is 0 Å². The van der Waals surface area contributed by atoms with Gasteiger partial charge in [-0.25, -0.2) is 4.63 Å². The van der Waals surface area contributed by atoms with Crippen LogP contribution in [0.5, 0.6) is 0 Å². The molecular weight excluding hydrogens is 360 g/mol. The van der Waals surface area contributed by atoms with Crippen molar-refractivity contribution >= 4 is 34.2 Å². The number of rotatable bonds is 5. The zero-order valence-electron chi connectivity index (χ0n) is 15.9. The average Bonchev–Trinajstić information content (AvgIpc) is 3.19. The Morgan fingerprint density at radius 3 is 2.68 bits per heavy atom. The molecule has 0 aliphatic carbocycles. The molecule has 3 heterocycles. The Morgan fingerprint density at radius 2 is 1.89 bits per heavy atom. The third kappa shape index (κ3) is 3.94. The summed E-state index contributed by atoms with van der Waals surface area (Å²) in [4.78, 5) is 28.2. The molecule has 0 radical (unpaired) electrons. The molecule has 0 spiro atoms. The number of nitrogens with two attached hydrogens (primary N) is 1. The van der Waals surface area contributed by atoms with Crippen molar-refractivity contribution in [3.8, 4) is 0 Å². The number of benzene rings is 1. The molecule has 4 rings (SSSR count). The number of primary amides is 1. The third-order valence-electron chi connectivity index (χ3n) is 5.60. The van der Waals surface area contributed by atoms with E-state index >= 15 is 0 Å². The average molecular weight is 386 g/mol. The Hall–Kier alpha value is -2.68. The summed E-state index contributed by atoms with van der Waals surface area (Å²) in [5.41, 5.74) is 8.14. The number of aromatic nitrogens is 2. The predicted molar refractivity (Wildman–Crippen MR) is 105 cm³/mol. The first-order chi connectivity index (χ1) is 13.6. The number of hydrogen-bond donors (Lipinski definition) is 2. The number of carbonyl (C=O) groups is 2. The van der Waals surface area contributed by atoms with E-state index in [-0.39, 0.29) is 24.3 Å². The summed E-state index contributed by atoms with van der Waals surface area (Å²) < 4.78 is 4.99. The molecule has 2 aliphatic rings. The van der Waals surface area contributed by atoms with Crippen molar-refractivity contribution in [1.82, 2.24) is 15.2 Å². The van der Waals surface area contributed by atoms with Crippen LogP contribution in [0.15, 0.2) is 16.8 Å². The van der Waals surface area contributed by atoms with E-state index in [1.165, 1.54) is 6.42 Å². The predicted octanol–water partition coefficient (Wildman–Crippen LogP) is 1.35. The fourth-order valence-electron chi connectivity index (χ4n) is 4.21. The molecule has 2 aliphatic heterocycles. The van der Waals surface area contributed by atoms with E-state index in [1.807, 2.05) is 17.0 Å². The summed E-state index contributed by atoms with van der Waals surface area (Å²) in [5.74, 6) is -0.640. The van der Waals surface area contributed by atoms with Gasteiger partial charge in [0, 0.05) is 19.6 Å². The Morgan fingerprint density at radius 1 is 1.11 bits per heavy atom. The van der Waals surface area contributed by atoms with Crippen LogP contribution in [-0.4, -0.2) is 59.8 Å². The lowest BCUT2D eigenvalue weighted by Gasteiger charge is -2.31. The number of amides is 2. The molecular formula is C19H26N6O3. The summed E-state index contributed by atoms with van der Waals surface area (Å²) in [5, 5.41) is 11.1. The number of nitrogens with zero attached hydrogens (tertiary/aromatic N) is 4. The molecule has 1 aromatic carbocycles. The van der Waals surface area contributed by atoms with Gasteiger partial charge in [-0.1, -0.05) is 0 Å². The van der Waals surface area contributed by atoms with Gasteiger partial charge in [-0.3, -0.25) is 14.5 Å². The van der Waals surface area contributed by atoms with Crippen LogP contribution >= 0.6 is 0 Å². The van der Waals surface area contributed by atoms with E-state index in [0.29, 0.717) is 23.3 Å². The molecule has 1 atom stereocenters. The standard InChI is InChI=1S/C19H26N6O3/c20-16(26)12-24-8-4-5-13(11-24)19(27)21-14-6-7-15(18-17(14)22-28-23-18)25-9-2-1-3-10-25/h6-7,13H,1-5,8-12H2,(H2,20,26)(H,21,27)/t13-/m1/s1. The van der Waals surface area contributed by atoms with E-state index in [9.17, 15) is 9.59 Å². The topological polar surface area (TPSA) is 118 Å². The number of anilines is 2. The van der Waals surface area contributed by atoms with Crippen molar-refractivity contribution in [2.45, 2.75) is 32.1 Å². The van der Waals surface area contributed by atoms with Crippen LogP contribution in [0.2, 0.25) is 0 Å². The normalized spacial score (nSPS) is 21.0. The molecule has 2 aromatic rings. The smallest absolute Gasteiger partial charge is 0.231 e. The maximum Gasteiger partial charge on any atom is 0.231 e. The summed E-state index contributed by atoms with van der Waals surface area (Å²) in [6.45, 7) is 3.48. The van der Waals surface area contributed by atoms with E-state index in [0.717, 1.165) is 51.0 Å². The van der Waals surface area contributed by atoms with Crippen molar-refractivity contribution in [1.29, 1.82) is 0 Å². The zero-order chi connectivity index (χ0) is 19.5. The molecule has 150 valence electrons. The molecule has 9 heteroatoms. The summed E-state index contributed by atoms with van der Waals surface area (Å²) in [6, 6.07) is 3.85. The van der Waals surface area contributed by atoms with Crippen molar-refractivity contribution in [3.05, 3.63) is 12.1 Å². The first-order valence-corrected chi connectivity index (χ1v) is 9.93. The number of likely N-dealkylation sites (tertiary alicyclic amines) is 1. The molecule has 0 bridgehead atoms. The first-order valence-electron chi connectivity index (χ1n) is 9.93. The Labute approximate surface area is 163 Å². The number of fused-ring (bicyclic) bond motifs is 1. The maximum absolute atomic E-state index is 12.8. The molecule has 0 saturated carbocycles. The first kappa shape index (κ1) is 18.7. The van der Waals surface area contributed by atoms with Crippen LogP contribution in [0, 0.1) is 5.92 Å². The molecule has 28 heavy (non-hydrogen) atoms. The lowest BCUT2D eigenvalue weighted by Crippen LogP contribution is -2.44. The minimum atomic E-state index is -0.371. The second kappa shape index (κ2) is 8.14. The Balaban J connectivity index is 1.49. The van der Waals surface area contributed by atoms with Crippen LogP contribution in [0.3, 0.4) is 0 Å². The highest BCUT2D eigenvalue weighted by Crippen LogP contribution is 2.32. The summed E-state index contributed by atoms with van der Waals surface area (Å²) in [7, 11) is 0. The molecule has 3 N–H and O–H groups in total. The van der Waals surface area contributed by atoms with Gasteiger partial charge in [-0.15, -0.1) is 0 Å². The second-order valence-corrected chi connectivity index (χ2v) is 7.67. The minimum Gasteiger partial charge on any atom is -0.370 e. The molecule has 1 aromatic heterocycles. The summed E-state index contributed by atoms with van der Waals surface area (Å²) >= 11 is 0. The molecule has 0 unspecified atom stereocenters. The maximum atomic E-state index is 12.8. The van der Waals surface area contributed by atoms with Gasteiger partial charge in [-0.2, -0.15) is 0 Å². The van der Waals surface area contributed by atoms with Gasteiger partial charge < -0.3 is 16.0 Å². The quantitative estimate of drug-likeness (QED) is 0.796. The van der Waals surface area contributed by atoms with Crippen molar-refractivity contribution in [3.63, 3.8) is 0 Å². The zero-order valence-corrected chi connectivity index (χ0v) is 15.9. The summed E-state index contributed by atoms with van der Waals surface area (Å²) in [6.07, 6.45) is 5.22. The van der Waals surface area contributed by atoms with E-state index in [2.05, 4.69) is 20.5 Å². The van der Waals surface area contributed by atoms with Crippen LogP contribution < -0.4 is 16.0 Å². The van der Waals surface area contributed by atoms with E-state index in [4.69, 9.17) is 10.4 Å². The van der Waals surface area contributed by atoms with Crippen LogP contribution in [-0.2, 0) is 9.59 Å². The highest BCUT2D eigenvalue weighted by Gasteiger charge is 2.27. The fourth-order valence-corrected chi connectivity index (χ4v) is 4.21. The number of nitrogens with one attached hydrogen (secondary N) is 1. The van der Waals surface area contributed by atoms with Gasteiger partial charge in [0.2, 0.25) is 11.8 Å². The lowest BCUT2D eigenvalue weighted by atomic mass is 9.97. The molecule has 2 saturated heterocycles. The van der Waals surface area contributed by atoms with Crippen molar-refractivity contribution in [2.24, 2.45) is 11.7 Å². The third-order valence-corrected chi connectivity index (χ3v) is 5.60. The van der Waals surface area contributed by atoms with Crippen molar-refractivity contribution in [2.75, 3.05) is 42.9 Å². The second-order valence-electron chi connectivity index (χ2n) is 7.67. The highest BCUT2D eigenvalue weighted by atomic mass is 16.6. The Kier molecular flexibility index (Phi) is 5.43. The van der Waals surface area contributed by atoms with Gasteiger partial charge >= 0.3 is 0 Å². The number of piperidine rings is 2. The van der Waals surface area contributed by atoms with Gasteiger partial charge in [-0.05, 0) is 61.1 Å². The van der Waals surface area contributed by atoms with Gasteiger partial charge in [0.05, 0.1) is 23.8 Å². The van der Waals surface area contributed by atoms with E-state index in [1.54, 1.807) is 0 Å².